The minimum atomic E-state index is -0.156. The van der Waals surface area contributed by atoms with Gasteiger partial charge in [-0.1, -0.05) is 18.5 Å². The summed E-state index contributed by atoms with van der Waals surface area (Å²) in [6, 6.07) is 4.89. The topological polar surface area (TPSA) is 77.6 Å². The molecule has 0 aliphatic rings. The van der Waals surface area contributed by atoms with Crippen LogP contribution in [-0.2, 0) is 4.74 Å². The van der Waals surface area contributed by atoms with Crippen LogP contribution in [-0.4, -0.2) is 29.0 Å². The van der Waals surface area contributed by atoms with Crippen LogP contribution in [0, 0.1) is 0 Å². The zero-order valence-electron chi connectivity index (χ0n) is 12.5. The van der Waals surface area contributed by atoms with Crippen LogP contribution < -0.4 is 4.74 Å². The number of methoxy groups -OCH3 is 1. The van der Waals surface area contributed by atoms with Gasteiger partial charge in [-0.2, -0.15) is 4.98 Å². The molecule has 1 heterocycles. The Labute approximate surface area is 123 Å². The van der Waals surface area contributed by atoms with Gasteiger partial charge in [0.15, 0.2) is 11.5 Å². The normalized spacial score (nSPS) is 12.3. The second-order valence-corrected chi connectivity index (χ2v) is 4.58. The number of hydrogen-bond acceptors (Lipinski definition) is 6. The molecule has 0 aliphatic carbocycles. The smallest absolute Gasteiger partial charge is 0.258 e. The summed E-state index contributed by atoms with van der Waals surface area (Å²) in [5.41, 5.74) is 0.690. The molecule has 1 aromatic carbocycles. The minimum absolute atomic E-state index is 0.0687. The Morgan fingerprint density at radius 1 is 1.33 bits per heavy atom. The third-order valence-corrected chi connectivity index (χ3v) is 3.08. The lowest BCUT2D eigenvalue weighted by atomic mass is 10.2. The average Bonchev–Trinajstić information content (AvgIpc) is 2.97. The molecule has 0 spiro atoms. The fourth-order valence-corrected chi connectivity index (χ4v) is 2.04. The van der Waals surface area contributed by atoms with E-state index < -0.39 is 0 Å². The Bertz CT molecular complexity index is 577. The van der Waals surface area contributed by atoms with Gasteiger partial charge < -0.3 is 19.1 Å². The zero-order valence-corrected chi connectivity index (χ0v) is 12.5. The second kappa shape index (κ2) is 7.08. The predicted molar refractivity (Wildman–Crippen MR) is 77.2 cm³/mol. The predicted octanol–water partition coefficient (Wildman–Crippen LogP) is 3.33. The molecule has 6 nitrogen and oxygen atoms in total. The average molecular weight is 292 g/mol. The van der Waals surface area contributed by atoms with Crippen LogP contribution in [0.2, 0.25) is 0 Å². The van der Waals surface area contributed by atoms with Crippen LogP contribution in [0.5, 0.6) is 11.5 Å². The Balaban J connectivity index is 2.26. The number of ether oxygens (including phenoxy) is 2. The molecule has 1 atom stereocenters. The van der Waals surface area contributed by atoms with Crippen LogP contribution in [0.15, 0.2) is 22.7 Å². The number of rotatable bonds is 7. The van der Waals surface area contributed by atoms with E-state index in [0.29, 0.717) is 29.6 Å². The van der Waals surface area contributed by atoms with Gasteiger partial charge in [0.25, 0.3) is 5.89 Å². The van der Waals surface area contributed by atoms with Crippen LogP contribution in [0.3, 0.4) is 0 Å². The lowest BCUT2D eigenvalue weighted by Crippen LogP contribution is -2.05. The van der Waals surface area contributed by atoms with Crippen molar-refractivity contribution in [1.82, 2.24) is 10.1 Å². The van der Waals surface area contributed by atoms with E-state index in [2.05, 4.69) is 17.1 Å². The van der Waals surface area contributed by atoms with E-state index in [0.717, 1.165) is 12.8 Å². The number of phenolic OH excluding ortho intramolecular Hbond substituents is 1. The van der Waals surface area contributed by atoms with Crippen LogP contribution in [0.1, 0.15) is 38.6 Å². The van der Waals surface area contributed by atoms with E-state index in [1.807, 2.05) is 6.92 Å². The highest BCUT2D eigenvalue weighted by molar-refractivity contribution is 5.59. The molecule has 2 rings (SSSR count). The van der Waals surface area contributed by atoms with Crippen molar-refractivity contribution in [3.05, 3.63) is 24.0 Å². The second-order valence-electron chi connectivity index (χ2n) is 4.58. The third kappa shape index (κ3) is 3.52. The van der Waals surface area contributed by atoms with E-state index in [-0.39, 0.29) is 11.9 Å². The molecule has 1 unspecified atom stereocenters. The summed E-state index contributed by atoms with van der Waals surface area (Å²) in [6.45, 7) is 4.62. The SMILES string of the molecule is CCCC(OCC)c1noc(-c2ccc(O)c(OC)c2)n1. The van der Waals surface area contributed by atoms with Crippen molar-refractivity contribution < 1.29 is 19.1 Å². The first-order chi connectivity index (χ1) is 10.2. The first-order valence-corrected chi connectivity index (χ1v) is 7.02. The fraction of sp³-hybridized carbons (Fsp3) is 0.467. The molecule has 1 N–H and O–H groups in total. The molecule has 0 saturated heterocycles. The van der Waals surface area contributed by atoms with Crippen molar-refractivity contribution in [3.63, 3.8) is 0 Å². The van der Waals surface area contributed by atoms with Gasteiger partial charge in [0, 0.05) is 12.2 Å². The summed E-state index contributed by atoms with van der Waals surface area (Å²) in [5.74, 6) is 1.35. The maximum absolute atomic E-state index is 9.60. The molecule has 0 aliphatic heterocycles. The molecule has 0 amide bonds. The first kappa shape index (κ1) is 15.3. The maximum atomic E-state index is 9.60. The summed E-state index contributed by atoms with van der Waals surface area (Å²) in [5, 5.41) is 13.6. The van der Waals surface area contributed by atoms with Gasteiger partial charge in [0.05, 0.1) is 7.11 Å². The molecule has 21 heavy (non-hydrogen) atoms. The monoisotopic (exact) mass is 292 g/mol. The molecule has 0 radical (unpaired) electrons. The van der Waals surface area contributed by atoms with E-state index in [4.69, 9.17) is 14.0 Å². The first-order valence-electron chi connectivity index (χ1n) is 7.02. The van der Waals surface area contributed by atoms with Crippen LogP contribution >= 0.6 is 0 Å². The molecule has 1 aromatic heterocycles. The number of phenols is 1. The Kier molecular flexibility index (Phi) is 5.16. The highest BCUT2D eigenvalue weighted by Gasteiger charge is 2.19. The van der Waals surface area contributed by atoms with Gasteiger partial charge in [0.2, 0.25) is 5.82 Å². The number of hydrogen-bond donors (Lipinski definition) is 1. The van der Waals surface area contributed by atoms with Gasteiger partial charge >= 0.3 is 0 Å². The number of benzene rings is 1. The quantitative estimate of drug-likeness (QED) is 0.843. The lowest BCUT2D eigenvalue weighted by Gasteiger charge is -2.11. The number of nitrogens with zero attached hydrogens (tertiary/aromatic N) is 2. The van der Waals surface area contributed by atoms with Crippen molar-refractivity contribution in [2.45, 2.75) is 32.8 Å². The summed E-state index contributed by atoms with van der Waals surface area (Å²) >= 11 is 0. The maximum Gasteiger partial charge on any atom is 0.258 e. The molecule has 6 heteroatoms. The Hall–Kier alpha value is -2.08. The van der Waals surface area contributed by atoms with E-state index in [9.17, 15) is 5.11 Å². The zero-order chi connectivity index (χ0) is 15.2. The Morgan fingerprint density at radius 2 is 2.14 bits per heavy atom. The van der Waals surface area contributed by atoms with Gasteiger partial charge in [-0.05, 0) is 31.5 Å². The van der Waals surface area contributed by atoms with E-state index in [1.165, 1.54) is 13.2 Å². The molecule has 0 fully saturated rings. The molecule has 114 valence electrons. The lowest BCUT2D eigenvalue weighted by molar-refractivity contribution is 0.0478. The summed E-state index contributed by atoms with van der Waals surface area (Å²) in [4.78, 5) is 4.38. The molecule has 2 aromatic rings. The number of aromatic nitrogens is 2. The van der Waals surface area contributed by atoms with Gasteiger partial charge in [-0.3, -0.25) is 0 Å². The van der Waals surface area contributed by atoms with Crippen molar-refractivity contribution >= 4 is 0 Å². The van der Waals surface area contributed by atoms with E-state index >= 15 is 0 Å². The summed E-state index contributed by atoms with van der Waals surface area (Å²) < 4.78 is 16.0. The minimum Gasteiger partial charge on any atom is -0.504 e. The van der Waals surface area contributed by atoms with Gasteiger partial charge in [0.1, 0.15) is 6.10 Å². The summed E-state index contributed by atoms with van der Waals surface area (Å²) in [6.07, 6.45) is 1.66. The van der Waals surface area contributed by atoms with Crippen LogP contribution in [0.25, 0.3) is 11.5 Å². The largest absolute Gasteiger partial charge is 0.504 e. The standard InChI is InChI=1S/C15H20N2O4/c1-4-6-12(20-5-2)14-16-15(21-17-14)10-7-8-11(18)13(9-10)19-3/h7-9,12,18H,4-6H2,1-3H3. The van der Waals surface area contributed by atoms with Gasteiger partial charge in [-0.15, -0.1) is 0 Å². The molecule has 0 bridgehead atoms. The van der Waals surface area contributed by atoms with Crippen molar-refractivity contribution in [1.29, 1.82) is 0 Å². The van der Waals surface area contributed by atoms with Crippen molar-refractivity contribution in [2.75, 3.05) is 13.7 Å². The molecular weight excluding hydrogens is 272 g/mol. The highest BCUT2D eigenvalue weighted by Crippen LogP contribution is 2.31. The van der Waals surface area contributed by atoms with Crippen LogP contribution in [0.4, 0.5) is 0 Å². The fourth-order valence-electron chi connectivity index (χ4n) is 2.04. The van der Waals surface area contributed by atoms with E-state index in [1.54, 1.807) is 12.1 Å². The number of aromatic hydroxyl groups is 1. The van der Waals surface area contributed by atoms with Gasteiger partial charge in [-0.25, -0.2) is 0 Å². The highest BCUT2D eigenvalue weighted by atomic mass is 16.5. The third-order valence-electron chi connectivity index (χ3n) is 3.08. The Morgan fingerprint density at radius 3 is 2.81 bits per heavy atom. The summed E-state index contributed by atoms with van der Waals surface area (Å²) in [7, 11) is 1.49. The molecule has 0 saturated carbocycles. The molecular formula is C15H20N2O4. The van der Waals surface area contributed by atoms with Crippen molar-refractivity contribution in [2.24, 2.45) is 0 Å². The van der Waals surface area contributed by atoms with Crippen molar-refractivity contribution in [3.8, 4) is 23.0 Å².